The van der Waals surface area contributed by atoms with Crippen molar-refractivity contribution in [2.24, 2.45) is 7.05 Å². The maximum absolute atomic E-state index is 13.2. The van der Waals surface area contributed by atoms with Crippen LogP contribution >= 0.6 is 23.2 Å². The van der Waals surface area contributed by atoms with Crippen molar-refractivity contribution < 1.29 is 0 Å². The zero-order valence-electron chi connectivity index (χ0n) is 18.0. The van der Waals surface area contributed by atoms with Crippen molar-refractivity contribution in [2.45, 2.75) is 13.0 Å². The molecule has 0 unspecified atom stereocenters. The number of likely N-dealkylation sites (N-methyl/N-ethyl adjacent to an activating group) is 1. The number of rotatable bonds is 3. The van der Waals surface area contributed by atoms with Crippen molar-refractivity contribution in [1.29, 1.82) is 0 Å². The molecule has 5 rings (SSSR count). The molecule has 0 fully saturated rings. The molecule has 1 aliphatic heterocycles. The minimum atomic E-state index is -0.607. The fraction of sp³-hybridized carbons (Fsp3) is 0.217. The Morgan fingerprint density at radius 2 is 1.79 bits per heavy atom. The average molecular weight is 483 g/mol. The lowest BCUT2D eigenvalue weighted by atomic mass is 9.99. The van der Waals surface area contributed by atoms with E-state index in [0.717, 1.165) is 29.8 Å². The summed E-state index contributed by atoms with van der Waals surface area (Å²) in [5, 5.41) is 3.74. The summed E-state index contributed by atoms with van der Waals surface area (Å²) < 4.78 is 2.23. The second-order valence-electron chi connectivity index (χ2n) is 8.08. The summed E-state index contributed by atoms with van der Waals surface area (Å²) in [4.78, 5) is 37.3. The molecule has 0 amide bonds. The molecule has 3 heterocycles. The average Bonchev–Trinajstić information content (AvgIpc) is 2.79. The maximum Gasteiger partial charge on any atom is 0.337 e. The highest BCUT2D eigenvalue weighted by Gasteiger charge is 2.19. The molecule has 0 radical (unpaired) electrons. The van der Waals surface area contributed by atoms with Crippen molar-refractivity contribution in [3.63, 3.8) is 0 Å². The third-order valence-corrected chi connectivity index (χ3v) is 6.43. The maximum atomic E-state index is 13.2. The van der Waals surface area contributed by atoms with Gasteiger partial charge >= 0.3 is 5.69 Å². The fourth-order valence-electron chi connectivity index (χ4n) is 4.09. The first-order valence-corrected chi connectivity index (χ1v) is 11.1. The van der Waals surface area contributed by atoms with Gasteiger partial charge in [0, 0.05) is 32.0 Å². The minimum Gasteiger partial charge on any atom is -0.324 e. The number of hydrogen-bond donors (Lipinski definition) is 1. The highest BCUT2D eigenvalue weighted by atomic mass is 35.5. The van der Waals surface area contributed by atoms with Crippen molar-refractivity contribution in [3.05, 3.63) is 84.6 Å². The quantitative estimate of drug-likeness (QED) is 0.480. The monoisotopic (exact) mass is 482 g/mol. The molecule has 0 saturated carbocycles. The summed E-state index contributed by atoms with van der Waals surface area (Å²) in [5.74, 6) is 0.287. The molecule has 2 aromatic carbocycles. The number of aromatic nitrogens is 4. The van der Waals surface area contributed by atoms with Crippen LogP contribution in [0.5, 0.6) is 0 Å². The van der Waals surface area contributed by atoms with E-state index in [9.17, 15) is 9.59 Å². The smallest absolute Gasteiger partial charge is 0.324 e. The molecule has 1 N–H and O–H groups in total. The van der Waals surface area contributed by atoms with Gasteiger partial charge in [0.15, 0.2) is 5.65 Å². The van der Waals surface area contributed by atoms with Gasteiger partial charge < -0.3 is 10.2 Å². The topological polar surface area (TPSA) is 85.0 Å². The lowest BCUT2D eigenvalue weighted by Gasteiger charge is -2.25. The lowest BCUT2D eigenvalue weighted by Crippen LogP contribution is -2.38. The van der Waals surface area contributed by atoms with Crippen LogP contribution in [0.2, 0.25) is 10.0 Å². The Balaban J connectivity index is 1.59. The number of hydrogen-bond acceptors (Lipinski definition) is 6. The third kappa shape index (κ3) is 3.80. The third-order valence-electron chi connectivity index (χ3n) is 5.82. The molecule has 0 atom stereocenters. The van der Waals surface area contributed by atoms with E-state index in [1.165, 1.54) is 28.9 Å². The molecule has 4 aromatic rings. The summed E-state index contributed by atoms with van der Waals surface area (Å²) in [7, 11) is 3.63. The van der Waals surface area contributed by atoms with Gasteiger partial charge in [0.25, 0.3) is 5.56 Å². The van der Waals surface area contributed by atoms with E-state index in [2.05, 4.69) is 39.4 Å². The lowest BCUT2D eigenvalue weighted by molar-refractivity contribution is 0.313. The predicted molar refractivity (Wildman–Crippen MR) is 130 cm³/mol. The second-order valence-corrected chi connectivity index (χ2v) is 8.89. The van der Waals surface area contributed by atoms with E-state index in [1.807, 2.05) is 6.07 Å². The molecule has 10 heteroatoms. The molecular weight excluding hydrogens is 463 g/mol. The highest BCUT2D eigenvalue weighted by Crippen LogP contribution is 2.27. The van der Waals surface area contributed by atoms with Crippen LogP contribution in [0.4, 0.5) is 11.6 Å². The first kappa shape index (κ1) is 21.6. The zero-order valence-corrected chi connectivity index (χ0v) is 19.5. The Hall–Kier alpha value is -3.20. The van der Waals surface area contributed by atoms with Crippen LogP contribution in [-0.4, -0.2) is 37.6 Å². The Morgan fingerprint density at radius 3 is 2.55 bits per heavy atom. The molecule has 0 aliphatic carbocycles. The summed E-state index contributed by atoms with van der Waals surface area (Å²) in [6, 6.07) is 10.9. The molecule has 0 spiro atoms. The summed E-state index contributed by atoms with van der Waals surface area (Å²) in [6.45, 7) is 1.92. The number of nitrogens with zero attached hydrogens (tertiary/aromatic N) is 5. The van der Waals surface area contributed by atoms with Crippen LogP contribution in [0, 0.1) is 0 Å². The van der Waals surface area contributed by atoms with Gasteiger partial charge in [-0.3, -0.25) is 9.36 Å². The normalized spacial score (nSPS) is 13.8. The molecule has 8 nitrogen and oxygen atoms in total. The summed E-state index contributed by atoms with van der Waals surface area (Å²) in [6.07, 6.45) is 2.42. The molecule has 2 aromatic heterocycles. The number of para-hydroxylation sites is 1. The van der Waals surface area contributed by atoms with Crippen molar-refractivity contribution >= 4 is 45.9 Å². The van der Waals surface area contributed by atoms with Crippen LogP contribution in [0.3, 0.4) is 0 Å². The van der Waals surface area contributed by atoms with E-state index in [0.29, 0.717) is 0 Å². The Morgan fingerprint density at radius 1 is 1.03 bits per heavy atom. The fourth-order valence-corrected chi connectivity index (χ4v) is 4.66. The van der Waals surface area contributed by atoms with Crippen LogP contribution in [0.1, 0.15) is 11.1 Å². The van der Waals surface area contributed by atoms with E-state index >= 15 is 0 Å². The molecular formula is C23H20Cl2N6O2. The first-order valence-electron chi connectivity index (χ1n) is 10.3. The zero-order chi connectivity index (χ0) is 23.3. The van der Waals surface area contributed by atoms with Gasteiger partial charge in [-0.2, -0.15) is 4.98 Å². The van der Waals surface area contributed by atoms with E-state index in [1.54, 1.807) is 18.2 Å². The van der Waals surface area contributed by atoms with Crippen molar-refractivity contribution in [1.82, 2.24) is 24.0 Å². The van der Waals surface area contributed by atoms with E-state index < -0.39 is 11.2 Å². The SMILES string of the molecule is CN1CCc2ccc(Nc3ncc4c(=O)n(-c5c(Cl)cccc5Cl)c(=O)n(C)c4n3)cc2C1. The molecule has 168 valence electrons. The molecule has 0 saturated heterocycles. The standard InChI is InChI=1S/C23H20Cl2N6O2/c1-29-9-8-13-6-7-15(10-14(13)12-29)27-22-26-11-16-20(28-22)30(2)23(33)31(21(16)32)19-17(24)4-3-5-18(19)25/h3-7,10-11H,8-9,12H2,1-2H3,(H,26,27,28). The van der Waals surface area contributed by atoms with Crippen LogP contribution < -0.4 is 16.6 Å². The van der Waals surface area contributed by atoms with E-state index in [-0.39, 0.29) is 32.7 Å². The molecule has 1 aliphatic rings. The number of aryl methyl sites for hydroxylation is 1. The van der Waals surface area contributed by atoms with Crippen LogP contribution in [-0.2, 0) is 20.0 Å². The van der Waals surface area contributed by atoms with Gasteiger partial charge in [-0.25, -0.2) is 14.3 Å². The minimum absolute atomic E-state index is 0.134. The Kier molecular flexibility index (Phi) is 5.44. The molecule has 33 heavy (non-hydrogen) atoms. The van der Waals surface area contributed by atoms with Gasteiger partial charge in [-0.15, -0.1) is 0 Å². The van der Waals surface area contributed by atoms with Gasteiger partial charge in [0.2, 0.25) is 5.95 Å². The first-order chi connectivity index (χ1) is 15.8. The second kappa shape index (κ2) is 8.30. The van der Waals surface area contributed by atoms with Crippen molar-refractivity contribution in [3.8, 4) is 5.69 Å². The number of benzene rings is 2. The number of halogens is 2. The van der Waals surface area contributed by atoms with Gasteiger partial charge in [-0.1, -0.05) is 35.3 Å². The van der Waals surface area contributed by atoms with Gasteiger partial charge in [-0.05, 0) is 48.9 Å². The van der Waals surface area contributed by atoms with Crippen molar-refractivity contribution in [2.75, 3.05) is 18.9 Å². The predicted octanol–water partition coefficient (Wildman–Crippen LogP) is 3.52. The number of anilines is 2. The highest BCUT2D eigenvalue weighted by molar-refractivity contribution is 6.37. The summed E-state index contributed by atoms with van der Waals surface area (Å²) in [5.41, 5.74) is 2.56. The largest absolute Gasteiger partial charge is 0.337 e. The van der Waals surface area contributed by atoms with Gasteiger partial charge in [0.1, 0.15) is 5.39 Å². The summed E-state index contributed by atoms with van der Waals surface area (Å²) >= 11 is 12.5. The van der Waals surface area contributed by atoms with Gasteiger partial charge in [0.05, 0.1) is 15.7 Å². The van der Waals surface area contributed by atoms with Crippen LogP contribution in [0.15, 0.2) is 52.2 Å². The molecule has 0 bridgehead atoms. The number of nitrogens with one attached hydrogen (secondary N) is 1. The number of fused-ring (bicyclic) bond motifs is 2. The Labute approximate surface area is 199 Å². The van der Waals surface area contributed by atoms with Crippen LogP contribution in [0.25, 0.3) is 16.7 Å². The van der Waals surface area contributed by atoms with E-state index in [4.69, 9.17) is 23.2 Å². The Bertz CT molecular complexity index is 1510.